The van der Waals surface area contributed by atoms with E-state index in [-0.39, 0.29) is 18.5 Å². The molecule has 1 fully saturated rings. The van der Waals surface area contributed by atoms with Gasteiger partial charge in [-0.2, -0.15) is 0 Å². The lowest BCUT2D eigenvalue weighted by molar-refractivity contribution is -0.134. The molecular weight excluding hydrogens is 380 g/mol. The number of rotatable bonds is 8. The number of thioether (sulfide) groups is 1. The standard InChI is InChI=1S/C21H30N2O2S.ClH/c1-22(2)16-18-14-17-15-23(12-11-20(17)25-18)21(24)10-6-7-13-26-19-8-4-3-5-9-19;/h3-5,8-9,14,17,20H,6-7,10-13,15-16H2,1-2H3;1H. The van der Waals surface area contributed by atoms with E-state index in [1.54, 1.807) is 0 Å². The Balaban J connectivity index is 0.00000261. The minimum atomic E-state index is 0. The Bertz CT molecular complexity index is 624. The van der Waals surface area contributed by atoms with Crippen molar-refractivity contribution in [3.63, 3.8) is 0 Å². The number of benzene rings is 1. The number of likely N-dealkylation sites (tertiary alicyclic amines) is 1. The second-order valence-electron chi connectivity index (χ2n) is 7.44. The molecule has 2 atom stereocenters. The number of ether oxygens (including phenoxy) is 1. The molecule has 2 aliphatic rings. The quantitative estimate of drug-likeness (QED) is 0.478. The molecule has 6 heteroatoms. The number of fused-ring (bicyclic) bond motifs is 1. The van der Waals surface area contributed by atoms with Crippen molar-refractivity contribution in [3.8, 4) is 0 Å². The summed E-state index contributed by atoms with van der Waals surface area (Å²) in [6.45, 7) is 2.50. The summed E-state index contributed by atoms with van der Waals surface area (Å²) in [4.78, 5) is 18.0. The van der Waals surface area contributed by atoms with Crippen molar-refractivity contribution in [2.24, 2.45) is 5.92 Å². The third-order valence-electron chi connectivity index (χ3n) is 4.92. The van der Waals surface area contributed by atoms with Gasteiger partial charge in [-0.25, -0.2) is 0 Å². The van der Waals surface area contributed by atoms with Gasteiger partial charge in [0.2, 0.25) is 5.91 Å². The number of nitrogens with zero attached hydrogens (tertiary/aromatic N) is 2. The zero-order valence-electron chi connectivity index (χ0n) is 16.3. The van der Waals surface area contributed by atoms with Crippen molar-refractivity contribution in [1.82, 2.24) is 9.80 Å². The van der Waals surface area contributed by atoms with Crippen molar-refractivity contribution < 1.29 is 9.53 Å². The molecule has 0 spiro atoms. The number of carbonyl (C=O) groups excluding carboxylic acids is 1. The maximum atomic E-state index is 12.5. The highest BCUT2D eigenvalue weighted by Gasteiger charge is 2.35. The predicted molar refractivity (Wildman–Crippen MR) is 114 cm³/mol. The Morgan fingerprint density at radius 2 is 2.04 bits per heavy atom. The van der Waals surface area contributed by atoms with Gasteiger partial charge in [0.25, 0.3) is 0 Å². The summed E-state index contributed by atoms with van der Waals surface area (Å²) >= 11 is 1.87. The molecule has 0 bridgehead atoms. The summed E-state index contributed by atoms with van der Waals surface area (Å²) in [5.74, 6) is 2.82. The van der Waals surface area contributed by atoms with Crippen molar-refractivity contribution in [2.75, 3.05) is 39.5 Å². The average molecular weight is 411 g/mol. The Hall–Kier alpha value is -1.17. The highest BCUT2D eigenvalue weighted by atomic mass is 35.5. The molecule has 3 rings (SSSR count). The topological polar surface area (TPSA) is 32.8 Å². The average Bonchev–Trinajstić information content (AvgIpc) is 3.02. The van der Waals surface area contributed by atoms with Crippen LogP contribution in [0.2, 0.25) is 0 Å². The first-order valence-corrected chi connectivity index (χ1v) is 10.6. The van der Waals surface area contributed by atoms with Crippen molar-refractivity contribution in [3.05, 3.63) is 42.2 Å². The fourth-order valence-corrected chi connectivity index (χ4v) is 4.54. The second kappa shape index (κ2) is 11.0. The fraction of sp³-hybridized carbons (Fsp3) is 0.571. The summed E-state index contributed by atoms with van der Waals surface area (Å²) in [6, 6.07) is 10.5. The first-order valence-electron chi connectivity index (χ1n) is 9.59. The van der Waals surface area contributed by atoms with Gasteiger partial charge in [-0.3, -0.25) is 4.79 Å². The SMILES string of the molecule is CN(C)CC1=CC2CN(C(=O)CCCCSc3ccccc3)CCC2O1.Cl. The van der Waals surface area contributed by atoms with E-state index in [9.17, 15) is 4.79 Å². The van der Waals surface area contributed by atoms with Crippen LogP contribution in [0.25, 0.3) is 0 Å². The van der Waals surface area contributed by atoms with Gasteiger partial charge in [-0.05, 0) is 50.9 Å². The molecule has 1 aromatic carbocycles. The molecule has 0 radical (unpaired) electrons. The third-order valence-corrected chi connectivity index (χ3v) is 6.01. The molecule has 2 unspecified atom stereocenters. The molecular formula is C21H31ClN2O2S. The fourth-order valence-electron chi connectivity index (χ4n) is 3.61. The van der Waals surface area contributed by atoms with Crippen LogP contribution in [-0.4, -0.2) is 61.3 Å². The van der Waals surface area contributed by atoms with Crippen LogP contribution >= 0.6 is 24.2 Å². The van der Waals surface area contributed by atoms with Gasteiger partial charge in [0, 0.05) is 36.7 Å². The Morgan fingerprint density at radius 3 is 2.78 bits per heavy atom. The largest absolute Gasteiger partial charge is 0.493 e. The van der Waals surface area contributed by atoms with Gasteiger partial charge in [0.1, 0.15) is 11.9 Å². The first kappa shape index (κ1) is 22.1. The van der Waals surface area contributed by atoms with Crippen LogP contribution in [0.5, 0.6) is 0 Å². The normalized spacial score (nSPS) is 21.3. The predicted octanol–water partition coefficient (Wildman–Crippen LogP) is 4.06. The van der Waals surface area contributed by atoms with E-state index in [1.807, 2.05) is 22.7 Å². The van der Waals surface area contributed by atoms with E-state index >= 15 is 0 Å². The lowest BCUT2D eigenvalue weighted by Crippen LogP contribution is -2.44. The lowest BCUT2D eigenvalue weighted by atomic mass is 9.95. The van der Waals surface area contributed by atoms with Crippen LogP contribution in [0.15, 0.2) is 47.1 Å². The number of piperidine rings is 1. The molecule has 1 amide bonds. The summed E-state index contributed by atoms with van der Waals surface area (Å²) in [5, 5.41) is 0. The molecule has 1 saturated heterocycles. The summed E-state index contributed by atoms with van der Waals surface area (Å²) in [5.41, 5.74) is 0. The first-order chi connectivity index (χ1) is 12.6. The molecule has 1 aromatic rings. The number of unbranched alkanes of at least 4 members (excludes halogenated alkanes) is 1. The minimum absolute atomic E-state index is 0. The molecule has 150 valence electrons. The number of hydrogen-bond acceptors (Lipinski definition) is 4. The van der Waals surface area contributed by atoms with E-state index in [0.29, 0.717) is 18.2 Å². The van der Waals surface area contributed by atoms with Crippen LogP contribution < -0.4 is 0 Å². The van der Waals surface area contributed by atoms with Crippen molar-refractivity contribution in [2.45, 2.75) is 36.7 Å². The van der Waals surface area contributed by atoms with Crippen LogP contribution in [0.1, 0.15) is 25.7 Å². The number of halogens is 1. The molecule has 4 nitrogen and oxygen atoms in total. The Morgan fingerprint density at radius 1 is 1.26 bits per heavy atom. The highest BCUT2D eigenvalue weighted by Crippen LogP contribution is 2.31. The molecule has 0 saturated carbocycles. The second-order valence-corrected chi connectivity index (χ2v) is 8.61. The number of hydrogen-bond donors (Lipinski definition) is 0. The maximum Gasteiger partial charge on any atom is 0.222 e. The van der Waals surface area contributed by atoms with Crippen LogP contribution in [0.3, 0.4) is 0 Å². The number of amides is 1. The maximum absolute atomic E-state index is 12.5. The summed E-state index contributed by atoms with van der Waals surface area (Å²) in [6.07, 6.45) is 6.19. The monoisotopic (exact) mass is 410 g/mol. The van der Waals surface area contributed by atoms with Crippen molar-refractivity contribution >= 4 is 30.1 Å². The third kappa shape index (κ3) is 6.74. The van der Waals surface area contributed by atoms with Gasteiger partial charge < -0.3 is 14.5 Å². The molecule has 0 aromatic heterocycles. The van der Waals surface area contributed by atoms with Gasteiger partial charge in [-0.1, -0.05) is 18.2 Å². The summed E-state index contributed by atoms with van der Waals surface area (Å²) in [7, 11) is 4.11. The minimum Gasteiger partial charge on any atom is -0.493 e. The van der Waals surface area contributed by atoms with Gasteiger partial charge in [-0.15, -0.1) is 24.2 Å². The highest BCUT2D eigenvalue weighted by molar-refractivity contribution is 7.99. The zero-order valence-corrected chi connectivity index (χ0v) is 17.9. The van der Waals surface area contributed by atoms with Gasteiger partial charge in [0.15, 0.2) is 0 Å². The van der Waals surface area contributed by atoms with E-state index in [2.05, 4.69) is 49.3 Å². The van der Waals surface area contributed by atoms with Gasteiger partial charge in [0.05, 0.1) is 6.54 Å². The van der Waals surface area contributed by atoms with E-state index in [4.69, 9.17) is 4.74 Å². The smallest absolute Gasteiger partial charge is 0.222 e. The van der Waals surface area contributed by atoms with E-state index in [1.165, 1.54) is 4.90 Å². The Labute approximate surface area is 173 Å². The van der Waals surface area contributed by atoms with E-state index in [0.717, 1.165) is 50.4 Å². The summed E-state index contributed by atoms with van der Waals surface area (Å²) < 4.78 is 6.04. The van der Waals surface area contributed by atoms with Crippen LogP contribution in [0, 0.1) is 5.92 Å². The zero-order chi connectivity index (χ0) is 18.4. The van der Waals surface area contributed by atoms with Crippen LogP contribution in [0.4, 0.5) is 0 Å². The molecule has 0 N–H and O–H groups in total. The van der Waals surface area contributed by atoms with Crippen LogP contribution in [-0.2, 0) is 9.53 Å². The van der Waals surface area contributed by atoms with Crippen molar-refractivity contribution in [1.29, 1.82) is 0 Å². The molecule has 0 aliphatic carbocycles. The Kier molecular flexibility index (Phi) is 9.00. The molecule has 27 heavy (non-hydrogen) atoms. The van der Waals surface area contributed by atoms with E-state index < -0.39 is 0 Å². The number of carbonyl (C=O) groups is 1. The van der Waals surface area contributed by atoms with Gasteiger partial charge >= 0.3 is 0 Å². The molecule has 2 heterocycles. The number of likely N-dealkylation sites (N-methyl/N-ethyl adjacent to an activating group) is 1. The molecule has 2 aliphatic heterocycles. The lowest BCUT2D eigenvalue weighted by Gasteiger charge is -2.34.